The van der Waals surface area contributed by atoms with E-state index in [4.69, 9.17) is 0 Å². The van der Waals surface area contributed by atoms with Gasteiger partial charge in [0.25, 0.3) is 10.6 Å². The van der Waals surface area contributed by atoms with E-state index in [0.717, 1.165) is 27.3 Å². The van der Waals surface area contributed by atoms with Crippen molar-refractivity contribution in [2.45, 2.75) is 45.7 Å². The number of rotatable bonds is 5. The summed E-state index contributed by atoms with van der Waals surface area (Å²) in [5.41, 5.74) is 3.84. The Balaban J connectivity index is 1.47. The van der Waals surface area contributed by atoms with Crippen molar-refractivity contribution in [3.63, 3.8) is 0 Å². The molecule has 0 N–H and O–H groups in total. The van der Waals surface area contributed by atoms with E-state index in [2.05, 4.69) is 97.0 Å². The van der Waals surface area contributed by atoms with E-state index in [1.807, 2.05) is 17.6 Å². The fraction of sp³-hybridized carbons (Fsp3) is 0.226. The van der Waals surface area contributed by atoms with Crippen molar-refractivity contribution in [2.75, 3.05) is 11.4 Å². The van der Waals surface area contributed by atoms with Crippen LogP contribution in [0.25, 0.3) is 33.1 Å². The molecule has 0 radical (unpaired) electrons. The summed E-state index contributed by atoms with van der Waals surface area (Å²) < 4.78 is 7.31. The molecule has 5 aromatic rings. The molecule has 38 heavy (non-hydrogen) atoms. The quantitative estimate of drug-likeness (QED) is 0.249. The number of allylic oxidation sites excluding steroid dienone is 1. The van der Waals surface area contributed by atoms with Gasteiger partial charge in [-0.15, -0.1) is 11.3 Å². The van der Waals surface area contributed by atoms with Crippen LogP contribution in [0.4, 0.5) is 5.69 Å². The molecular formula is C31H30N3OS3+. The molecular weight excluding hydrogens is 527 g/mol. The van der Waals surface area contributed by atoms with Gasteiger partial charge < -0.3 is 4.90 Å². The average molecular weight is 557 g/mol. The molecule has 192 valence electrons. The number of aromatic nitrogens is 2. The minimum absolute atomic E-state index is 0.0783. The predicted octanol–water partition coefficient (Wildman–Crippen LogP) is 6.00. The minimum Gasteiger partial charge on any atom is -0.335 e. The van der Waals surface area contributed by atoms with Gasteiger partial charge in [0.1, 0.15) is 15.9 Å². The highest BCUT2D eigenvalue weighted by Crippen LogP contribution is 2.46. The number of thioether (sulfide) groups is 1. The molecule has 0 unspecified atom stereocenters. The molecule has 0 amide bonds. The lowest BCUT2D eigenvalue weighted by atomic mass is 10.1. The number of hydrogen-bond acceptors (Lipinski definition) is 5. The van der Waals surface area contributed by atoms with E-state index in [9.17, 15) is 4.79 Å². The lowest BCUT2D eigenvalue weighted by molar-refractivity contribution is -0.665. The third-order valence-corrected chi connectivity index (χ3v) is 10.4. The third-order valence-electron chi connectivity index (χ3n) is 7.02. The fourth-order valence-corrected chi connectivity index (χ4v) is 8.66. The molecule has 1 aliphatic rings. The summed E-state index contributed by atoms with van der Waals surface area (Å²) in [6, 6.07) is 19.6. The summed E-state index contributed by atoms with van der Waals surface area (Å²) in [6.45, 7) is 10.9. The van der Waals surface area contributed by atoms with Crippen LogP contribution in [0, 0.1) is 6.92 Å². The Morgan fingerprint density at radius 3 is 2.58 bits per heavy atom. The Morgan fingerprint density at radius 1 is 0.947 bits per heavy atom. The van der Waals surface area contributed by atoms with E-state index in [1.165, 1.54) is 42.1 Å². The lowest BCUT2D eigenvalue weighted by Gasteiger charge is -2.17. The van der Waals surface area contributed by atoms with Crippen LogP contribution in [0.15, 0.2) is 75.4 Å². The summed E-state index contributed by atoms with van der Waals surface area (Å²) in [5, 5.41) is 4.87. The van der Waals surface area contributed by atoms with Gasteiger partial charge in [0.15, 0.2) is 0 Å². The molecule has 0 saturated heterocycles. The van der Waals surface area contributed by atoms with E-state index < -0.39 is 0 Å². The van der Waals surface area contributed by atoms with Crippen LogP contribution in [0.5, 0.6) is 0 Å². The molecule has 0 spiro atoms. The first kappa shape index (κ1) is 25.2. The smallest absolute Gasteiger partial charge is 0.269 e. The summed E-state index contributed by atoms with van der Waals surface area (Å²) >= 11 is 5.15. The highest BCUT2D eigenvalue weighted by Gasteiger charge is 2.23. The first-order chi connectivity index (χ1) is 18.5. The number of fused-ring (bicyclic) bond motifs is 4. The Hall–Kier alpha value is -3.13. The lowest BCUT2D eigenvalue weighted by Crippen LogP contribution is -2.35. The summed E-state index contributed by atoms with van der Waals surface area (Å²) in [7, 11) is 0. The van der Waals surface area contributed by atoms with Crippen LogP contribution in [-0.4, -0.2) is 11.1 Å². The molecule has 7 heteroatoms. The standard InChI is InChI=1S/C31H30N3OS3/c1-5-32-23-14-13-21-10-8-9-11-22(21)30(23)38-28(32)19-29-34(7-3)31(35)26(37-29)16-17-27-33(6-2)24-18-20(4)12-15-25(24)36-27/h8-19H,5-7H2,1-4H3/q+1. The van der Waals surface area contributed by atoms with Crippen molar-refractivity contribution in [1.82, 2.24) is 4.57 Å². The molecule has 0 aliphatic carbocycles. The fourth-order valence-electron chi connectivity index (χ4n) is 5.13. The maximum Gasteiger partial charge on any atom is 0.269 e. The number of aryl methyl sites for hydroxylation is 2. The number of hydrogen-bond donors (Lipinski definition) is 0. The van der Waals surface area contributed by atoms with E-state index in [-0.39, 0.29) is 5.56 Å². The monoisotopic (exact) mass is 556 g/mol. The van der Waals surface area contributed by atoms with Crippen molar-refractivity contribution in [1.29, 1.82) is 0 Å². The van der Waals surface area contributed by atoms with E-state index >= 15 is 0 Å². The Labute approximate surface area is 234 Å². The molecule has 4 nitrogen and oxygen atoms in total. The molecule has 1 aliphatic heterocycles. The average Bonchev–Trinajstić information content (AvgIpc) is 3.57. The highest BCUT2D eigenvalue weighted by atomic mass is 32.2. The van der Waals surface area contributed by atoms with Gasteiger partial charge in [0, 0.05) is 29.4 Å². The van der Waals surface area contributed by atoms with Crippen molar-refractivity contribution < 1.29 is 4.57 Å². The van der Waals surface area contributed by atoms with Crippen LogP contribution in [-0.2, 0) is 13.1 Å². The normalized spacial score (nSPS) is 15.5. The zero-order chi connectivity index (χ0) is 26.4. The van der Waals surface area contributed by atoms with Crippen LogP contribution in [0.1, 0.15) is 31.3 Å². The summed E-state index contributed by atoms with van der Waals surface area (Å²) in [6.07, 6.45) is 6.31. The van der Waals surface area contributed by atoms with Crippen molar-refractivity contribution in [3.05, 3.63) is 95.8 Å². The number of thiazole rings is 2. The molecule has 2 aromatic heterocycles. The van der Waals surface area contributed by atoms with Gasteiger partial charge in [-0.2, -0.15) is 4.57 Å². The van der Waals surface area contributed by atoms with Crippen LogP contribution >= 0.6 is 34.4 Å². The van der Waals surface area contributed by atoms with Crippen molar-refractivity contribution >= 4 is 73.3 Å². The molecule has 3 heterocycles. The second kappa shape index (κ2) is 10.2. The van der Waals surface area contributed by atoms with Crippen LogP contribution in [0.2, 0.25) is 0 Å². The number of nitrogens with zero attached hydrogens (tertiary/aromatic N) is 3. The van der Waals surface area contributed by atoms with Crippen molar-refractivity contribution in [3.8, 4) is 0 Å². The topological polar surface area (TPSA) is 29.1 Å². The Morgan fingerprint density at radius 2 is 1.79 bits per heavy atom. The second-order valence-corrected chi connectivity index (χ2v) is 12.5. The van der Waals surface area contributed by atoms with Gasteiger partial charge >= 0.3 is 0 Å². The zero-order valence-electron chi connectivity index (χ0n) is 22.0. The number of anilines is 1. The Kier molecular flexibility index (Phi) is 6.76. The van der Waals surface area contributed by atoms with Gasteiger partial charge in [0.05, 0.1) is 21.3 Å². The Bertz CT molecular complexity index is 1910. The molecule has 0 fully saturated rings. The van der Waals surface area contributed by atoms with E-state index in [0.29, 0.717) is 6.54 Å². The SMILES string of the molecule is CCN1C(=CC=c2sc(=Cc3sc4c5ccccc5ccc4[n+]3CC)n(CC)c2=O)Sc2ccc(C)cc21. The van der Waals surface area contributed by atoms with Crippen molar-refractivity contribution in [2.24, 2.45) is 0 Å². The maximum atomic E-state index is 13.4. The molecule has 0 saturated carbocycles. The maximum absolute atomic E-state index is 13.4. The zero-order valence-corrected chi connectivity index (χ0v) is 24.5. The largest absolute Gasteiger partial charge is 0.335 e. The van der Waals surface area contributed by atoms with Gasteiger partial charge in [0.2, 0.25) is 5.52 Å². The second-order valence-electron chi connectivity index (χ2n) is 9.31. The van der Waals surface area contributed by atoms with Crippen LogP contribution < -0.4 is 24.2 Å². The minimum atomic E-state index is 0.0783. The van der Waals surface area contributed by atoms with Gasteiger partial charge in [-0.25, -0.2) is 0 Å². The molecule has 6 rings (SSSR count). The first-order valence-corrected chi connectivity index (χ1v) is 15.5. The van der Waals surface area contributed by atoms with Gasteiger partial charge in [-0.05, 0) is 69.0 Å². The third kappa shape index (κ3) is 4.23. The predicted molar refractivity (Wildman–Crippen MR) is 165 cm³/mol. The molecule has 0 bridgehead atoms. The molecule has 0 atom stereocenters. The first-order valence-electron chi connectivity index (χ1n) is 13.1. The summed E-state index contributed by atoms with van der Waals surface area (Å²) in [4.78, 5) is 17.0. The highest BCUT2D eigenvalue weighted by molar-refractivity contribution is 8.03. The van der Waals surface area contributed by atoms with Gasteiger partial charge in [-0.3, -0.25) is 9.36 Å². The summed E-state index contributed by atoms with van der Waals surface area (Å²) in [5.74, 6) is 0. The van der Waals surface area contributed by atoms with Gasteiger partial charge in [-0.1, -0.05) is 53.4 Å². The molecule has 3 aromatic carbocycles. The number of benzene rings is 3. The van der Waals surface area contributed by atoms with Crippen LogP contribution in [0.3, 0.4) is 0 Å². The van der Waals surface area contributed by atoms with E-state index in [1.54, 1.807) is 34.4 Å².